The minimum absolute atomic E-state index is 0.773. The maximum absolute atomic E-state index is 2.44. The smallest absolute Gasteiger partial charge is 0.237 e. The predicted molar refractivity (Wildman–Crippen MR) is 52.5 cm³/mol. The molecule has 2 nitrogen and oxygen atoms in total. The SMILES string of the molecule is Cc1n(C2CCCCC2)cc[n+]1C. The van der Waals surface area contributed by atoms with Crippen molar-refractivity contribution >= 4 is 0 Å². The van der Waals surface area contributed by atoms with E-state index in [4.69, 9.17) is 0 Å². The molecule has 0 radical (unpaired) electrons. The second-order valence-corrected chi connectivity index (χ2v) is 4.16. The van der Waals surface area contributed by atoms with Crippen LogP contribution in [0.15, 0.2) is 12.4 Å². The van der Waals surface area contributed by atoms with E-state index in [1.54, 1.807) is 0 Å². The van der Waals surface area contributed by atoms with Gasteiger partial charge in [0.25, 0.3) is 5.82 Å². The van der Waals surface area contributed by atoms with E-state index in [-0.39, 0.29) is 0 Å². The van der Waals surface area contributed by atoms with E-state index in [1.165, 1.54) is 37.9 Å². The van der Waals surface area contributed by atoms with Crippen LogP contribution in [0.25, 0.3) is 0 Å². The van der Waals surface area contributed by atoms with E-state index in [2.05, 4.69) is 35.5 Å². The topological polar surface area (TPSA) is 8.81 Å². The average molecular weight is 179 g/mol. The van der Waals surface area contributed by atoms with Crippen molar-refractivity contribution in [1.29, 1.82) is 0 Å². The Kier molecular flexibility index (Phi) is 2.38. The Balaban J connectivity index is 2.18. The normalized spacial score (nSPS) is 19.2. The molecule has 1 saturated carbocycles. The zero-order valence-electron chi connectivity index (χ0n) is 8.66. The van der Waals surface area contributed by atoms with Crippen LogP contribution in [0.5, 0.6) is 0 Å². The third kappa shape index (κ3) is 1.62. The average Bonchev–Trinajstić information content (AvgIpc) is 2.49. The molecule has 1 heterocycles. The molecule has 1 aliphatic carbocycles. The van der Waals surface area contributed by atoms with E-state index < -0.39 is 0 Å². The van der Waals surface area contributed by atoms with E-state index in [1.807, 2.05) is 0 Å². The van der Waals surface area contributed by atoms with Gasteiger partial charge < -0.3 is 0 Å². The van der Waals surface area contributed by atoms with E-state index in [0.717, 1.165) is 6.04 Å². The molecular formula is C11H19N2+. The molecule has 0 unspecified atom stereocenters. The summed E-state index contributed by atoms with van der Waals surface area (Å²) < 4.78 is 4.65. The fraction of sp³-hybridized carbons (Fsp3) is 0.727. The lowest BCUT2D eigenvalue weighted by Crippen LogP contribution is -2.30. The summed E-state index contributed by atoms with van der Waals surface area (Å²) in [6.45, 7) is 2.20. The highest BCUT2D eigenvalue weighted by molar-refractivity contribution is 4.86. The van der Waals surface area contributed by atoms with Gasteiger partial charge in [0.2, 0.25) is 0 Å². The molecule has 0 saturated heterocycles. The van der Waals surface area contributed by atoms with Gasteiger partial charge in [-0.25, -0.2) is 9.13 Å². The molecule has 0 bridgehead atoms. The molecule has 1 fully saturated rings. The van der Waals surface area contributed by atoms with Crippen LogP contribution in [0.3, 0.4) is 0 Å². The minimum atomic E-state index is 0.773. The van der Waals surface area contributed by atoms with Crippen molar-refractivity contribution in [2.75, 3.05) is 0 Å². The Bertz CT molecular complexity index is 282. The van der Waals surface area contributed by atoms with Crippen molar-refractivity contribution < 1.29 is 4.57 Å². The molecule has 0 atom stereocenters. The predicted octanol–water partition coefficient (Wildman–Crippen LogP) is 2.13. The zero-order chi connectivity index (χ0) is 9.26. The molecule has 0 aliphatic heterocycles. The molecule has 1 aliphatic rings. The molecule has 1 aromatic heterocycles. The fourth-order valence-corrected chi connectivity index (χ4v) is 2.31. The monoisotopic (exact) mass is 179 g/mol. The summed E-state index contributed by atoms with van der Waals surface area (Å²) in [7, 11) is 2.12. The maximum Gasteiger partial charge on any atom is 0.253 e. The summed E-state index contributed by atoms with van der Waals surface area (Å²) in [6, 6.07) is 0.773. The first kappa shape index (κ1) is 8.79. The second kappa shape index (κ2) is 3.52. The second-order valence-electron chi connectivity index (χ2n) is 4.16. The molecule has 2 heteroatoms. The lowest BCUT2D eigenvalue weighted by Gasteiger charge is -2.19. The largest absolute Gasteiger partial charge is 0.253 e. The third-order valence-electron chi connectivity index (χ3n) is 3.30. The van der Waals surface area contributed by atoms with Gasteiger partial charge in [0.05, 0.1) is 7.05 Å². The molecule has 0 aromatic carbocycles. The Morgan fingerprint density at radius 1 is 1.31 bits per heavy atom. The van der Waals surface area contributed by atoms with Crippen LogP contribution in [0.1, 0.15) is 44.0 Å². The lowest BCUT2D eigenvalue weighted by molar-refractivity contribution is -0.677. The lowest BCUT2D eigenvalue weighted by atomic mass is 9.95. The van der Waals surface area contributed by atoms with Crippen LogP contribution < -0.4 is 4.57 Å². The molecule has 72 valence electrons. The van der Waals surface area contributed by atoms with Gasteiger partial charge in [0.1, 0.15) is 18.4 Å². The van der Waals surface area contributed by atoms with E-state index in [0.29, 0.717) is 0 Å². The Labute approximate surface area is 80.2 Å². The molecular weight excluding hydrogens is 160 g/mol. The first-order valence-electron chi connectivity index (χ1n) is 5.32. The van der Waals surface area contributed by atoms with Gasteiger partial charge in [0.15, 0.2) is 0 Å². The number of imidazole rings is 1. The Morgan fingerprint density at radius 3 is 2.54 bits per heavy atom. The van der Waals surface area contributed by atoms with Crippen molar-refractivity contribution in [3.8, 4) is 0 Å². The maximum atomic E-state index is 2.44. The van der Waals surface area contributed by atoms with E-state index >= 15 is 0 Å². The van der Waals surface area contributed by atoms with Crippen molar-refractivity contribution in [3.05, 3.63) is 18.2 Å². The summed E-state index contributed by atoms with van der Waals surface area (Å²) >= 11 is 0. The summed E-state index contributed by atoms with van der Waals surface area (Å²) in [5, 5.41) is 0. The van der Waals surface area contributed by atoms with Gasteiger partial charge >= 0.3 is 0 Å². The molecule has 2 rings (SSSR count). The van der Waals surface area contributed by atoms with Crippen LogP contribution in [-0.2, 0) is 7.05 Å². The van der Waals surface area contributed by atoms with Gasteiger partial charge in [-0.05, 0) is 25.7 Å². The Morgan fingerprint density at radius 2 is 2.00 bits per heavy atom. The minimum Gasteiger partial charge on any atom is -0.237 e. The summed E-state index contributed by atoms with van der Waals surface area (Å²) in [5.41, 5.74) is 0. The van der Waals surface area contributed by atoms with Gasteiger partial charge in [-0.15, -0.1) is 0 Å². The van der Waals surface area contributed by atoms with Crippen LogP contribution in [0, 0.1) is 6.92 Å². The highest BCUT2D eigenvalue weighted by Gasteiger charge is 2.22. The van der Waals surface area contributed by atoms with Crippen molar-refractivity contribution in [2.24, 2.45) is 7.05 Å². The number of hydrogen-bond donors (Lipinski definition) is 0. The summed E-state index contributed by atoms with van der Waals surface area (Å²) in [4.78, 5) is 0. The first-order valence-corrected chi connectivity index (χ1v) is 5.32. The highest BCUT2D eigenvalue weighted by atomic mass is 15.1. The third-order valence-corrected chi connectivity index (χ3v) is 3.30. The van der Waals surface area contributed by atoms with Crippen LogP contribution in [0.2, 0.25) is 0 Å². The van der Waals surface area contributed by atoms with Crippen molar-refractivity contribution in [1.82, 2.24) is 4.57 Å². The molecule has 0 N–H and O–H groups in total. The first-order chi connectivity index (χ1) is 6.29. The standard InChI is InChI=1S/C11H19N2/c1-10-12(2)8-9-13(10)11-6-4-3-5-7-11/h8-9,11H,3-7H2,1-2H3/q+1. The fourth-order valence-electron chi connectivity index (χ4n) is 2.31. The number of hydrogen-bond acceptors (Lipinski definition) is 0. The zero-order valence-corrected chi connectivity index (χ0v) is 8.66. The van der Waals surface area contributed by atoms with E-state index in [9.17, 15) is 0 Å². The van der Waals surface area contributed by atoms with Crippen molar-refractivity contribution in [2.45, 2.75) is 45.1 Å². The molecule has 1 aromatic rings. The van der Waals surface area contributed by atoms with Crippen LogP contribution in [-0.4, -0.2) is 4.57 Å². The summed E-state index contributed by atoms with van der Waals surface area (Å²) in [6.07, 6.45) is 11.4. The highest BCUT2D eigenvalue weighted by Crippen LogP contribution is 2.28. The van der Waals surface area contributed by atoms with Gasteiger partial charge in [-0.3, -0.25) is 0 Å². The van der Waals surface area contributed by atoms with Crippen LogP contribution >= 0.6 is 0 Å². The number of nitrogens with zero attached hydrogens (tertiary/aromatic N) is 2. The van der Waals surface area contributed by atoms with Gasteiger partial charge in [-0.1, -0.05) is 6.42 Å². The van der Waals surface area contributed by atoms with Gasteiger partial charge in [-0.2, -0.15) is 0 Å². The number of aromatic nitrogens is 2. The molecule has 13 heavy (non-hydrogen) atoms. The Hall–Kier alpha value is -0.790. The van der Waals surface area contributed by atoms with Gasteiger partial charge in [0, 0.05) is 6.92 Å². The number of aryl methyl sites for hydroxylation is 1. The quantitative estimate of drug-likeness (QED) is 0.584. The number of rotatable bonds is 1. The van der Waals surface area contributed by atoms with Crippen molar-refractivity contribution in [3.63, 3.8) is 0 Å². The molecule has 0 spiro atoms. The molecule has 0 amide bonds. The van der Waals surface area contributed by atoms with Crippen LogP contribution in [0.4, 0.5) is 0 Å². The summed E-state index contributed by atoms with van der Waals surface area (Å²) in [5.74, 6) is 1.38.